The number of aryl methyl sites for hydroxylation is 2. The summed E-state index contributed by atoms with van der Waals surface area (Å²) in [6.07, 6.45) is 1.95. The Hall–Kier alpha value is -1.49. The van der Waals surface area contributed by atoms with E-state index >= 15 is 0 Å². The highest BCUT2D eigenvalue weighted by molar-refractivity contribution is 9.10. The number of nitrogens with zero attached hydrogens (tertiary/aromatic N) is 3. The van der Waals surface area contributed by atoms with Crippen molar-refractivity contribution in [3.63, 3.8) is 0 Å². The fraction of sp³-hybridized carbons (Fsp3) is 0.250. The Morgan fingerprint density at radius 3 is 2.76 bits per heavy atom. The van der Waals surface area contributed by atoms with Gasteiger partial charge in [-0.3, -0.25) is 14.5 Å². The van der Waals surface area contributed by atoms with Gasteiger partial charge < -0.3 is 0 Å². The van der Waals surface area contributed by atoms with Crippen molar-refractivity contribution in [1.29, 1.82) is 0 Å². The Kier molecular flexibility index (Phi) is 3.38. The Morgan fingerprint density at radius 1 is 1.47 bits per heavy atom. The molecule has 5 heteroatoms. The molecular weight excluding hydrogens is 282 g/mol. The Bertz CT molecular complexity index is 545. The molecule has 0 aromatic carbocycles. The van der Waals surface area contributed by atoms with Gasteiger partial charge in [0.2, 0.25) is 0 Å². The quantitative estimate of drug-likeness (QED) is 0.816. The van der Waals surface area contributed by atoms with Crippen LogP contribution in [0.5, 0.6) is 0 Å². The van der Waals surface area contributed by atoms with Crippen LogP contribution in [0.15, 0.2) is 28.9 Å². The van der Waals surface area contributed by atoms with Crippen LogP contribution < -0.4 is 0 Å². The molecule has 2 aromatic heterocycles. The van der Waals surface area contributed by atoms with Crippen molar-refractivity contribution in [3.8, 4) is 0 Å². The van der Waals surface area contributed by atoms with Crippen molar-refractivity contribution in [2.45, 2.75) is 13.3 Å². The van der Waals surface area contributed by atoms with E-state index in [1.807, 2.05) is 26.1 Å². The molecule has 0 aliphatic carbocycles. The van der Waals surface area contributed by atoms with Crippen molar-refractivity contribution in [2.75, 3.05) is 0 Å². The van der Waals surface area contributed by atoms with E-state index in [1.54, 1.807) is 16.9 Å². The van der Waals surface area contributed by atoms with Gasteiger partial charge in [0.15, 0.2) is 5.78 Å². The van der Waals surface area contributed by atoms with E-state index < -0.39 is 0 Å². The van der Waals surface area contributed by atoms with Crippen LogP contribution in [0, 0.1) is 6.92 Å². The fourth-order valence-electron chi connectivity index (χ4n) is 1.63. The topological polar surface area (TPSA) is 47.8 Å². The minimum Gasteiger partial charge on any atom is -0.292 e. The first kappa shape index (κ1) is 12.0. The summed E-state index contributed by atoms with van der Waals surface area (Å²) >= 11 is 3.29. The molecule has 0 bridgehead atoms. The summed E-state index contributed by atoms with van der Waals surface area (Å²) in [5.74, 6) is 0.000463. The third-order valence-corrected chi connectivity index (χ3v) is 2.92. The minimum atomic E-state index is 0.000463. The number of carbonyl (C=O) groups is 1. The third-order valence-electron chi connectivity index (χ3n) is 2.45. The van der Waals surface area contributed by atoms with Crippen molar-refractivity contribution in [2.24, 2.45) is 7.05 Å². The molecule has 17 heavy (non-hydrogen) atoms. The number of carbonyl (C=O) groups excluding carboxylic acids is 1. The maximum absolute atomic E-state index is 12.0. The summed E-state index contributed by atoms with van der Waals surface area (Å²) in [6.45, 7) is 1.91. The largest absolute Gasteiger partial charge is 0.292 e. The molecule has 0 aliphatic heterocycles. The van der Waals surface area contributed by atoms with Crippen LogP contribution in [0.1, 0.15) is 21.9 Å². The highest BCUT2D eigenvalue weighted by Gasteiger charge is 2.11. The van der Waals surface area contributed by atoms with Crippen LogP contribution >= 0.6 is 15.9 Å². The lowest BCUT2D eigenvalue weighted by atomic mass is 10.1. The molecule has 0 spiro atoms. The van der Waals surface area contributed by atoms with Crippen molar-refractivity contribution < 1.29 is 4.79 Å². The number of pyridine rings is 1. The summed E-state index contributed by atoms with van der Waals surface area (Å²) in [7, 11) is 1.84. The fourth-order valence-corrected chi connectivity index (χ4v) is 1.86. The number of hydrogen-bond acceptors (Lipinski definition) is 3. The molecule has 2 aromatic rings. The summed E-state index contributed by atoms with van der Waals surface area (Å²) < 4.78 is 2.59. The Balaban J connectivity index is 2.17. The molecule has 0 unspecified atom stereocenters. The molecule has 0 amide bonds. The normalized spacial score (nSPS) is 10.5. The molecule has 88 valence electrons. The number of rotatable bonds is 3. The van der Waals surface area contributed by atoms with Crippen LogP contribution in [-0.2, 0) is 13.5 Å². The molecule has 0 aliphatic rings. The van der Waals surface area contributed by atoms with Crippen molar-refractivity contribution in [3.05, 3.63) is 46.0 Å². The summed E-state index contributed by atoms with van der Waals surface area (Å²) in [5, 5.41) is 4.21. The number of aromatic nitrogens is 3. The molecule has 0 N–H and O–H groups in total. The summed E-state index contributed by atoms with van der Waals surface area (Å²) in [5.41, 5.74) is 2.29. The van der Waals surface area contributed by atoms with Crippen LogP contribution in [0.2, 0.25) is 0 Å². The highest BCUT2D eigenvalue weighted by atomic mass is 79.9. The molecule has 0 saturated carbocycles. The summed E-state index contributed by atoms with van der Waals surface area (Å²) in [4.78, 5) is 16.1. The lowest BCUT2D eigenvalue weighted by molar-refractivity contribution is 0.0986. The van der Waals surface area contributed by atoms with E-state index in [0.29, 0.717) is 12.1 Å². The van der Waals surface area contributed by atoms with E-state index in [0.717, 1.165) is 15.9 Å². The zero-order chi connectivity index (χ0) is 12.4. The average Bonchev–Trinajstić information content (AvgIpc) is 2.58. The first-order valence-corrected chi connectivity index (χ1v) is 6.00. The zero-order valence-corrected chi connectivity index (χ0v) is 11.2. The van der Waals surface area contributed by atoms with Gasteiger partial charge in [0, 0.05) is 23.4 Å². The molecular formula is C12H12BrN3O. The van der Waals surface area contributed by atoms with Crippen LogP contribution in [-0.4, -0.2) is 20.5 Å². The Morgan fingerprint density at radius 2 is 2.24 bits per heavy atom. The second-order valence-corrected chi connectivity index (χ2v) is 4.78. The van der Waals surface area contributed by atoms with Gasteiger partial charge in [-0.1, -0.05) is 0 Å². The molecule has 0 atom stereocenters. The van der Waals surface area contributed by atoms with Gasteiger partial charge >= 0.3 is 0 Å². The average molecular weight is 294 g/mol. The predicted molar refractivity (Wildman–Crippen MR) is 67.9 cm³/mol. The molecule has 0 saturated heterocycles. The first-order valence-electron chi connectivity index (χ1n) is 5.20. The SMILES string of the molecule is Cc1cc(CC(=O)c2ccc(Br)cn2)n(C)n1. The number of Topliss-reactive ketones (excluding diaryl/α,β-unsaturated/α-hetero) is 1. The van der Waals surface area contributed by atoms with Crippen LogP contribution in [0.25, 0.3) is 0 Å². The van der Waals surface area contributed by atoms with Gasteiger partial charge in [0.05, 0.1) is 12.1 Å². The number of ketones is 1. The van der Waals surface area contributed by atoms with Crippen LogP contribution in [0.3, 0.4) is 0 Å². The van der Waals surface area contributed by atoms with E-state index in [1.165, 1.54) is 0 Å². The van der Waals surface area contributed by atoms with E-state index in [9.17, 15) is 4.79 Å². The van der Waals surface area contributed by atoms with Crippen molar-refractivity contribution in [1.82, 2.24) is 14.8 Å². The number of halogens is 1. The van der Waals surface area contributed by atoms with Crippen LogP contribution in [0.4, 0.5) is 0 Å². The monoisotopic (exact) mass is 293 g/mol. The maximum atomic E-state index is 12.0. The van der Waals surface area contributed by atoms with Gasteiger partial charge in [-0.25, -0.2) is 0 Å². The summed E-state index contributed by atoms with van der Waals surface area (Å²) in [6, 6.07) is 5.45. The van der Waals surface area contributed by atoms with Crippen molar-refractivity contribution >= 4 is 21.7 Å². The Labute approximate surface area is 108 Å². The van der Waals surface area contributed by atoms with Gasteiger partial charge in [-0.05, 0) is 41.1 Å². The highest BCUT2D eigenvalue weighted by Crippen LogP contribution is 2.10. The number of hydrogen-bond donors (Lipinski definition) is 0. The van der Waals surface area contributed by atoms with E-state index in [2.05, 4.69) is 26.0 Å². The maximum Gasteiger partial charge on any atom is 0.187 e. The molecule has 2 heterocycles. The first-order chi connectivity index (χ1) is 8.06. The third kappa shape index (κ3) is 2.79. The second kappa shape index (κ2) is 4.79. The lowest BCUT2D eigenvalue weighted by Gasteiger charge is -2.01. The second-order valence-electron chi connectivity index (χ2n) is 3.86. The zero-order valence-electron chi connectivity index (χ0n) is 9.64. The standard InChI is InChI=1S/C12H12BrN3O/c1-8-5-10(16(2)15-8)6-12(17)11-4-3-9(13)7-14-11/h3-5,7H,6H2,1-2H3. The van der Waals surface area contributed by atoms with E-state index in [-0.39, 0.29) is 5.78 Å². The van der Waals surface area contributed by atoms with Gasteiger partial charge in [0.25, 0.3) is 0 Å². The van der Waals surface area contributed by atoms with Gasteiger partial charge in [-0.2, -0.15) is 5.10 Å². The van der Waals surface area contributed by atoms with Gasteiger partial charge in [0.1, 0.15) is 5.69 Å². The predicted octanol–water partition coefficient (Wildman–Crippen LogP) is 2.31. The minimum absolute atomic E-state index is 0.000463. The molecule has 0 radical (unpaired) electrons. The molecule has 4 nitrogen and oxygen atoms in total. The lowest BCUT2D eigenvalue weighted by Crippen LogP contribution is -2.09. The van der Waals surface area contributed by atoms with Gasteiger partial charge in [-0.15, -0.1) is 0 Å². The van der Waals surface area contributed by atoms with E-state index in [4.69, 9.17) is 0 Å². The molecule has 2 rings (SSSR count). The smallest absolute Gasteiger partial charge is 0.187 e. The molecule has 0 fully saturated rings.